The van der Waals surface area contributed by atoms with Crippen molar-refractivity contribution in [3.05, 3.63) is 77.4 Å². The van der Waals surface area contributed by atoms with E-state index in [0.29, 0.717) is 0 Å². The van der Waals surface area contributed by atoms with E-state index in [1.807, 2.05) is 0 Å². The zero-order valence-electron chi connectivity index (χ0n) is 20.5. The largest absolute Gasteiger partial charge is 0.455 e. The molecule has 0 fully saturated rings. The van der Waals surface area contributed by atoms with E-state index in [0.717, 1.165) is 11.2 Å². The van der Waals surface area contributed by atoms with Gasteiger partial charge in [-0.05, 0) is 53.9 Å². The van der Waals surface area contributed by atoms with Crippen molar-refractivity contribution >= 4 is 32.8 Å². The van der Waals surface area contributed by atoms with Crippen LogP contribution in [0.5, 0.6) is 0 Å². The lowest BCUT2D eigenvalue weighted by Crippen LogP contribution is -2.33. The molecule has 0 spiro atoms. The minimum absolute atomic E-state index is 0.0983. The Kier molecular flexibility index (Phi) is 4.15. The van der Waals surface area contributed by atoms with Crippen molar-refractivity contribution in [1.29, 1.82) is 0 Å². The first-order valence-corrected chi connectivity index (χ1v) is 12.1. The molecular weight excluding hydrogens is 402 g/mol. The van der Waals surface area contributed by atoms with Crippen LogP contribution in [0.4, 0.5) is 0 Å². The van der Waals surface area contributed by atoms with E-state index in [1.54, 1.807) is 0 Å². The molecule has 0 N–H and O–H groups in total. The lowest BCUT2D eigenvalue weighted by atomic mass is 9.63. The molecule has 0 aliphatic heterocycles. The summed E-state index contributed by atoms with van der Waals surface area (Å²) in [5, 5.41) is 3.69. The van der Waals surface area contributed by atoms with Gasteiger partial charge in [0.05, 0.1) is 5.56 Å². The molecule has 166 valence electrons. The van der Waals surface area contributed by atoms with Gasteiger partial charge in [0.15, 0.2) is 0 Å². The van der Waals surface area contributed by atoms with E-state index in [2.05, 4.69) is 107 Å². The van der Waals surface area contributed by atoms with E-state index >= 15 is 0 Å². The normalized spacial score (nSPS) is 17.0. The van der Waals surface area contributed by atoms with Gasteiger partial charge in [0, 0.05) is 33.9 Å². The Morgan fingerprint density at radius 2 is 1.45 bits per heavy atom. The SMILES string of the molecule is Cc1ccc2c(oc3c4c(ccc32)C(C)(C)CCC4(C)C)c1-c1ccc2ccccc2[n+]1C. The Bertz CT molecular complexity index is 1580. The summed E-state index contributed by atoms with van der Waals surface area (Å²) in [6.45, 7) is 11.7. The molecule has 1 aliphatic rings. The van der Waals surface area contributed by atoms with Crippen molar-refractivity contribution in [3.63, 3.8) is 0 Å². The highest BCUT2D eigenvalue weighted by atomic mass is 16.3. The second kappa shape index (κ2) is 6.70. The molecule has 0 saturated carbocycles. The second-order valence-corrected chi connectivity index (χ2v) is 11.2. The quantitative estimate of drug-likeness (QED) is 0.245. The number of rotatable bonds is 1. The molecule has 0 bridgehead atoms. The lowest BCUT2D eigenvalue weighted by molar-refractivity contribution is -0.633. The average molecular weight is 435 g/mol. The molecule has 0 atom stereocenters. The number of nitrogens with zero attached hydrogens (tertiary/aromatic N) is 1. The summed E-state index contributed by atoms with van der Waals surface area (Å²) in [7, 11) is 2.16. The number of hydrogen-bond acceptors (Lipinski definition) is 1. The summed E-state index contributed by atoms with van der Waals surface area (Å²) in [4.78, 5) is 0. The number of benzene rings is 3. The first kappa shape index (κ1) is 20.5. The predicted molar refractivity (Wildman–Crippen MR) is 138 cm³/mol. The maximum atomic E-state index is 6.90. The van der Waals surface area contributed by atoms with Crippen molar-refractivity contribution in [2.75, 3.05) is 0 Å². The smallest absolute Gasteiger partial charge is 0.216 e. The Hall–Kier alpha value is -3.13. The molecule has 3 aromatic carbocycles. The van der Waals surface area contributed by atoms with Crippen LogP contribution in [0.25, 0.3) is 44.1 Å². The molecule has 33 heavy (non-hydrogen) atoms. The van der Waals surface area contributed by atoms with Gasteiger partial charge in [-0.2, -0.15) is 4.57 Å². The zero-order valence-corrected chi connectivity index (χ0v) is 20.5. The fourth-order valence-electron chi connectivity index (χ4n) is 6.04. The van der Waals surface area contributed by atoms with Crippen molar-refractivity contribution in [2.45, 2.75) is 58.3 Å². The number of aromatic nitrogens is 1. The first-order valence-electron chi connectivity index (χ1n) is 12.1. The van der Waals surface area contributed by atoms with Crippen LogP contribution in [0.2, 0.25) is 0 Å². The van der Waals surface area contributed by atoms with Gasteiger partial charge in [0.25, 0.3) is 0 Å². The molecule has 0 amide bonds. The number of aryl methyl sites for hydroxylation is 2. The number of fused-ring (bicyclic) bond motifs is 6. The average Bonchev–Trinajstić information content (AvgIpc) is 3.16. The van der Waals surface area contributed by atoms with Gasteiger partial charge >= 0.3 is 0 Å². The van der Waals surface area contributed by atoms with Crippen molar-refractivity contribution < 1.29 is 8.98 Å². The minimum atomic E-state index is 0.0983. The Labute approximate surface area is 195 Å². The molecule has 1 aliphatic carbocycles. The fourth-order valence-corrected chi connectivity index (χ4v) is 6.04. The lowest BCUT2D eigenvalue weighted by Gasteiger charge is -2.41. The van der Waals surface area contributed by atoms with Gasteiger partial charge in [-0.25, -0.2) is 0 Å². The van der Waals surface area contributed by atoms with Crippen LogP contribution >= 0.6 is 0 Å². The fraction of sp³-hybridized carbons (Fsp3) is 0.323. The van der Waals surface area contributed by atoms with E-state index in [4.69, 9.17) is 4.42 Å². The van der Waals surface area contributed by atoms with Gasteiger partial charge in [-0.15, -0.1) is 0 Å². The first-order chi connectivity index (χ1) is 15.7. The van der Waals surface area contributed by atoms with Gasteiger partial charge in [-0.3, -0.25) is 0 Å². The Balaban J connectivity index is 1.73. The van der Waals surface area contributed by atoms with Crippen LogP contribution in [-0.2, 0) is 17.9 Å². The maximum absolute atomic E-state index is 6.90. The molecule has 2 nitrogen and oxygen atoms in total. The summed E-state index contributed by atoms with van der Waals surface area (Å²) in [5.74, 6) is 0. The number of hydrogen-bond donors (Lipinski definition) is 0. The van der Waals surface area contributed by atoms with Crippen LogP contribution in [0.1, 0.15) is 57.2 Å². The third-order valence-corrected chi connectivity index (χ3v) is 8.14. The van der Waals surface area contributed by atoms with Crippen LogP contribution in [0.15, 0.2) is 65.1 Å². The Morgan fingerprint density at radius 1 is 0.758 bits per heavy atom. The molecule has 0 radical (unpaired) electrons. The van der Waals surface area contributed by atoms with E-state index < -0.39 is 0 Å². The third-order valence-electron chi connectivity index (χ3n) is 8.14. The molecule has 2 aromatic heterocycles. The van der Waals surface area contributed by atoms with Crippen molar-refractivity contribution in [3.8, 4) is 11.3 Å². The molecular formula is C31H32NO+. The highest BCUT2D eigenvalue weighted by molar-refractivity contribution is 6.11. The minimum Gasteiger partial charge on any atom is -0.455 e. The monoisotopic (exact) mass is 434 g/mol. The summed E-state index contributed by atoms with van der Waals surface area (Å²) in [6.07, 6.45) is 2.38. The van der Waals surface area contributed by atoms with Gasteiger partial charge in [0.1, 0.15) is 18.2 Å². The molecule has 0 saturated heterocycles. The zero-order chi connectivity index (χ0) is 23.1. The molecule has 5 aromatic rings. The number of pyridine rings is 1. The summed E-state index contributed by atoms with van der Waals surface area (Å²) in [6, 6.07) is 22.2. The molecule has 6 rings (SSSR count). The standard InChI is InChI=1S/C31H32NO/c1-19-11-13-21-22-14-15-23-27(31(4,5)18-17-30(23,2)3)29(22)33-28(21)26(19)25-16-12-20-9-7-8-10-24(20)32(25)6/h7-16H,17-18H2,1-6H3/q+1. The Morgan fingerprint density at radius 3 is 2.27 bits per heavy atom. The van der Waals surface area contributed by atoms with Gasteiger partial charge in [0.2, 0.25) is 11.2 Å². The topological polar surface area (TPSA) is 17.0 Å². The summed E-state index contributed by atoms with van der Waals surface area (Å²) in [5.41, 5.74) is 10.0. The summed E-state index contributed by atoms with van der Waals surface area (Å²) >= 11 is 0. The molecule has 2 heteroatoms. The van der Waals surface area contributed by atoms with E-state index in [1.165, 1.54) is 62.5 Å². The second-order valence-electron chi connectivity index (χ2n) is 11.2. The van der Waals surface area contributed by atoms with Crippen molar-refractivity contribution in [1.82, 2.24) is 0 Å². The van der Waals surface area contributed by atoms with Crippen LogP contribution in [0, 0.1) is 6.92 Å². The van der Waals surface area contributed by atoms with E-state index in [9.17, 15) is 0 Å². The highest BCUT2D eigenvalue weighted by Crippen LogP contribution is 2.50. The van der Waals surface area contributed by atoms with Crippen molar-refractivity contribution in [2.24, 2.45) is 7.05 Å². The number of para-hydroxylation sites is 1. The van der Waals surface area contributed by atoms with Crippen LogP contribution in [0.3, 0.4) is 0 Å². The summed E-state index contributed by atoms with van der Waals surface area (Å²) < 4.78 is 9.20. The molecule has 2 heterocycles. The van der Waals surface area contributed by atoms with Crippen LogP contribution < -0.4 is 4.57 Å². The third kappa shape index (κ3) is 2.83. The van der Waals surface area contributed by atoms with Crippen LogP contribution in [-0.4, -0.2) is 0 Å². The predicted octanol–water partition coefficient (Wildman–Crippen LogP) is 7.89. The maximum Gasteiger partial charge on any atom is 0.216 e. The number of furan rings is 1. The van der Waals surface area contributed by atoms with Gasteiger partial charge < -0.3 is 4.42 Å². The molecule has 0 unspecified atom stereocenters. The van der Waals surface area contributed by atoms with E-state index in [-0.39, 0.29) is 10.8 Å². The highest BCUT2D eigenvalue weighted by Gasteiger charge is 2.39. The van der Waals surface area contributed by atoms with Gasteiger partial charge in [-0.1, -0.05) is 64.1 Å².